The Kier molecular flexibility index (Phi) is 9.63. The Bertz CT molecular complexity index is 868. The quantitative estimate of drug-likeness (QED) is 0.430. The number of carbonyl (C=O) groups is 4. The lowest BCUT2D eigenvalue weighted by atomic mass is 9.99. The third-order valence-corrected chi connectivity index (χ3v) is 6.06. The van der Waals surface area contributed by atoms with E-state index in [1.807, 2.05) is 44.2 Å². The molecular formula is C25H36N4O4. The maximum Gasteiger partial charge on any atom is 0.249 e. The molecule has 0 aromatic heterocycles. The summed E-state index contributed by atoms with van der Waals surface area (Å²) in [5.41, 5.74) is 1.54. The number of amides is 4. The van der Waals surface area contributed by atoms with Gasteiger partial charge in [0.05, 0.1) is 12.6 Å². The molecule has 4 amide bonds. The second-order valence-electron chi connectivity index (χ2n) is 8.92. The summed E-state index contributed by atoms with van der Waals surface area (Å²) in [7, 11) is 3.43. The number of nitrogens with zero attached hydrogens (tertiary/aromatic N) is 3. The Hall–Kier alpha value is -3.16. The van der Waals surface area contributed by atoms with Crippen LogP contribution in [0.25, 0.3) is 0 Å². The second-order valence-corrected chi connectivity index (χ2v) is 8.92. The third kappa shape index (κ3) is 6.91. The lowest BCUT2D eigenvalue weighted by molar-refractivity contribution is -0.141. The first-order chi connectivity index (χ1) is 15.7. The van der Waals surface area contributed by atoms with Gasteiger partial charge in [0.2, 0.25) is 24.1 Å². The Morgan fingerprint density at radius 2 is 1.85 bits per heavy atom. The van der Waals surface area contributed by atoms with Gasteiger partial charge in [-0.2, -0.15) is 0 Å². The van der Waals surface area contributed by atoms with E-state index in [0.717, 1.165) is 12.0 Å². The van der Waals surface area contributed by atoms with Crippen molar-refractivity contribution in [3.8, 4) is 0 Å². The number of carbonyl (C=O) groups excluding carboxylic acids is 4. The van der Waals surface area contributed by atoms with Gasteiger partial charge in [-0.25, -0.2) is 0 Å². The maximum atomic E-state index is 13.3. The van der Waals surface area contributed by atoms with Crippen molar-refractivity contribution >= 4 is 24.1 Å². The van der Waals surface area contributed by atoms with Crippen LogP contribution in [0.5, 0.6) is 0 Å². The smallest absolute Gasteiger partial charge is 0.249 e. The summed E-state index contributed by atoms with van der Waals surface area (Å²) in [5, 5.41) is 2.38. The fourth-order valence-electron chi connectivity index (χ4n) is 4.18. The summed E-state index contributed by atoms with van der Waals surface area (Å²) in [6, 6.07) is 8.97. The zero-order valence-electron chi connectivity index (χ0n) is 20.3. The van der Waals surface area contributed by atoms with Crippen molar-refractivity contribution in [2.45, 2.75) is 52.2 Å². The van der Waals surface area contributed by atoms with E-state index in [0.29, 0.717) is 31.5 Å². The van der Waals surface area contributed by atoms with Crippen LogP contribution in [-0.2, 0) is 25.7 Å². The molecule has 2 rings (SSSR count). The number of hydrogen-bond acceptors (Lipinski definition) is 4. The lowest BCUT2D eigenvalue weighted by Gasteiger charge is -2.31. The standard InChI is InChI=1S/C25H36N4O4/c1-18(2)22(28(5)23(31)15-26-17-30)14-19(3)24(32)29-13-9-12-21(29)25(33)27(4)16-20-10-7-6-8-11-20/h6-8,10-11,14,17-18,21-22H,9,12-13,15-16H2,1-5H3,(H,26,30)/t21-,22+/m0/s1. The number of likely N-dealkylation sites (tertiary alicyclic amines) is 1. The SMILES string of the molecule is CC(=C[C@H](C(C)C)N(C)C(=O)CNC=O)C(=O)N1CCC[C@H]1C(=O)N(C)Cc1ccccc1. The average Bonchev–Trinajstić information content (AvgIpc) is 3.29. The Morgan fingerprint density at radius 3 is 2.45 bits per heavy atom. The van der Waals surface area contributed by atoms with Crippen LogP contribution in [0.4, 0.5) is 0 Å². The average molecular weight is 457 g/mol. The van der Waals surface area contributed by atoms with Crippen molar-refractivity contribution in [3.05, 3.63) is 47.5 Å². The van der Waals surface area contributed by atoms with Crippen LogP contribution >= 0.6 is 0 Å². The predicted molar refractivity (Wildman–Crippen MR) is 127 cm³/mol. The largest absolute Gasteiger partial charge is 0.350 e. The molecule has 1 fully saturated rings. The van der Waals surface area contributed by atoms with Gasteiger partial charge >= 0.3 is 0 Å². The summed E-state index contributed by atoms with van der Waals surface area (Å²) in [4.78, 5) is 54.2. The number of benzene rings is 1. The first-order valence-corrected chi connectivity index (χ1v) is 11.4. The van der Waals surface area contributed by atoms with E-state index < -0.39 is 6.04 Å². The zero-order valence-corrected chi connectivity index (χ0v) is 20.3. The van der Waals surface area contributed by atoms with Gasteiger partial charge in [-0.05, 0) is 31.2 Å². The lowest BCUT2D eigenvalue weighted by Crippen LogP contribution is -2.47. The number of rotatable bonds is 10. The molecule has 1 aromatic rings. The molecule has 1 aliphatic heterocycles. The maximum absolute atomic E-state index is 13.3. The molecule has 0 spiro atoms. The van der Waals surface area contributed by atoms with Crippen LogP contribution in [0.2, 0.25) is 0 Å². The molecule has 0 saturated carbocycles. The van der Waals surface area contributed by atoms with E-state index >= 15 is 0 Å². The van der Waals surface area contributed by atoms with Crippen molar-refractivity contribution in [3.63, 3.8) is 0 Å². The topological polar surface area (TPSA) is 90.0 Å². The van der Waals surface area contributed by atoms with Gasteiger partial charge < -0.3 is 20.0 Å². The molecule has 180 valence electrons. The minimum atomic E-state index is -0.483. The van der Waals surface area contributed by atoms with Gasteiger partial charge in [0.25, 0.3) is 0 Å². The fraction of sp³-hybridized carbons (Fsp3) is 0.520. The Labute approximate surface area is 196 Å². The molecule has 0 unspecified atom stereocenters. The van der Waals surface area contributed by atoms with E-state index in [1.54, 1.807) is 36.9 Å². The van der Waals surface area contributed by atoms with Crippen LogP contribution < -0.4 is 5.32 Å². The van der Waals surface area contributed by atoms with Gasteiger partial charge in [0, 0.05) is 32.8 Å². The number of hydrogen-bond donors (Lipinski definition) is 1. The van der Waals surface area contributed by atoms with Crippen molar-refractivity contribution in [2.75, 3.05) is 27.2 Å². The molecular weight excluding hydrogens is 420 g/mol. The fourth-order valence-corrected chi connectivity index (χ4v) is 4.18. The number of nitrogens with one attached hydrogen (secondary N) is 1. The molecule has 1 aromatic carbocycles. The number of likely N-dealkylation sites (N-methyl/N-ethyl adjacent to an activating group) is 2. The predicted octanol–water partition coefficient (Wildman–Crippen LogP) is 1.81. The minimum Gasteiger partial charge on any atom is -0.350 e. The monoisotopic (exact) mass is 456 g/mol. The summed E-state index contributed by atoms with van der Waals surface area (Å²) < 4.78 is 0. The molecule has 1 aliphatic rings. The first kappa shape index (κ1) is 26.1. The highest BCUT2D eigenvalue weighted by molar-refractivity contribution is 5.97. The summed E-state index contributed by atoms with van der Waals surface area (Å²) >= 11 is 0. The summed E-state index contributed by atoms with van der Waals surface area (Å²) in [5.74, 6) is -0.429. The second kappa shape index (κ2) is 12.2. The van der Waals surface area contributed by atoms with E-state index in [9.17, 15) is 19.2 Å². The van der Waals surface area contributed by atoms with Gasteiger partial charge in [0.15, 0.2) is 0 Å². The molecule has 0 aliphatic carbocycles. The third-order valence-electron chi connectivity index (χ3n) is 6.06. The van der Waals surface area contributed by atoms with Crippen molar-refractivity contribution in [2.24, 2.45) is 5.92 Å². The summed E-state index contributed by atoms with van der Waals surface area (Å²) in [6.07, 6.45) is 3.69. The van der Waals surface area contributed by atoms with Crippen molar-refractivity contribution in [1.82, 2.24) is 20.0 Å². The van der Waals surface area contributed by atoms with E-state index in [2.05, 4.69) is 5.32 Å². The van der Waals surface area contributed by atoms with Crippen molar-refractivity contribution < 1.29 is 19.2 Å². The Morgan fingerprint density at radius 1 is 1.18 bits per heavy atom. The summed E-state index contributed by atoms with van der Waals surface area (Å²) in [6.45, 7) is 6.59. The van der Waals surface area contributed by atoms with Crippen LogP contribution in [-0.4, -0.2) is 78.1 Å². The highest BCUT2D eigenvalue weighted by Crippen LogP contribution is 2.23. The van der Waals surface area contributed by atoms with E-state index in [-0.39, 0.29) is 36.2 Å². The molecule has 1 saturated heterocycles. The molecule has 1 heterocycles. The zero-order chi connectivity index (χ0) is 24.5. The van der Waals surface area contributed by atoms with Crippen LogP contribution in [0, 0.1) is 5.92 Å². The molecule has 8 heteroatoms. The molecule has 33 heavy (non-hydrogen) atoms. The van der Waals surface area contributed by atoms with Gasteiger partial charge in [0.1, 0.15) is 6.04 Å². The van der Waals surface area contributed by atoms with Gasteiger partial charge in [-0.3, -0.25) is 19.2 Å². The molecule has 2 atom stereocenters. The first-order valence-electron chi connectivity index (χ1n) is 11.4. The van der Waals surface area contributed by atoms with Crippen molar-refractivity contribution in [1.29, 1.82) is 0 Å². The molecule has 0 bridgehead atoms. The molecule has 8 nitrogen and oxygen atoms in total. The normalized spacial score (nSPS) is 17.0. The van der Waals surface area contributed by atoms with Crippen LogP contribution in [0.15, 0.2) is 42.0 Å². The molecule has 0 radical (unpaired) electrons. The van der Waals surface area contributed by atoms with E-state index in [1.165, 1.54) is 4.90 Å². The van der Waals surface area contributed by atoms with Gasteiger partial charge in [-0.15, -0.1) is 0 Å². The highest BCUT2D eigenvalue weighted by atomic mass is 16.2. The van der Waals surface area contributed by atoms with E-state index in [4.69, 9.17) is 0 Å². The van der Waals surface area contributed by atoms with Gasteiger partial charge in [-0.1, -0.05) is 50.3 Å². The minimum absolute atomic E-state index is 0.0611. The highest BCUT2D eigenvalue weighted by Gasteiger charge is 2.36. The van der Waals surface area contributed by atoms with Crippen LogP contribution in [0.1, 0.15) is 39.2 Å². The van der Waals surface area contributed by atoms with Crippen LogP contribution in [0.3, 0.4) is 0 Å². The Balaban J connectivity index is 2.12. The molecule has 1 N–H and O–H groups in total.